The summed E-state index contributed by atoms with van der Waals surface area (Å²) in [7, 11) is 0. The zero-order valence-electron chi connectivity index (χ0n) is 13.0. The van der Waals surface area contributed by atoms with E-state index in [4.69, 9.17) is 9.15 Å². The lowest BCUT2D eigenvalue weighted by Crippen LogP contribution is -2.13. The fraction of sp³-hybridized carbons (Fsp3) is 0.529. The summed E-state index contributed by atoms with van der Waals surface area (Å²) in [4.78, 5) is 0. The molecule has 0 spiro atoms. The number of nitrogens with one attached hydrogen (secondary N) is 1. The van der Waals surface area contributed by atoms with Crippen molar-refractivity contribution in [3.8, 4) is 5.75 Å². The molecule has 1 fully saturated rings. The van der Waals surface area contributed by atoms with E-state index in [1.807, 2.05) is 18.2 Å². The summed E-state index contributed by atoms with van der Waals surface area (Å²) in [5.74, 6) is 1.63. The molecule has 0 bridgehead atoms. The first-order chi connectivity index (χ1) is 10.8. The van der Waals surface area contributed by atoms with Crippen LogP contribution in [0.3, 0.4) is 0 Å². The van der Waals surface area contributed by atoms with Crippen molar-refractivity contribution < 1.29 is 9.15 Å². The Kier molecular flexibility index (Phi) is 4.93. The number of nitrogens with zero attached hydrogens (tertiary/aromatic N) is 2. The summed E-state index contributed by atoms with van der Waals surface area (Å²) in [5.41, 5.74) is 1.12. The second kappa shape index (κ2) is 7.29. The lowest BCUT2D eigenvalue weighted by Gasteiger charge is -2.16. The SMILES string of the molecule is CCCc1nnc(NCc2ccccc2OC2CCCC2)o1. The minimum absolute atomic E-state index is 0.362. The third-order valence-corrected chi connectivity index (χ3v) is 3.93. The predicted molar refractivity (Wildman–Crippen MR) is 84.9 cm³/mol. The van der Waals surface area contributed by atoms with E-state index < -0.39 is 0 Å². The highest BCUT2D eigenvalue weighted by Gasteiger charge is 2.17. The summed E-state index contributed by atoms with van der Waals surface area (Å²) in [6, 6.07) is 8.61. The lowest BCUT2D eigenvalue weighted by atomic mass is 10.2. The maximum absolute atomic E-state index is 6.13. The third-order valence-electron chi connectivity index (χ3n) is 3.93. The van der Waals surface area contributed by atoms with Gasteiger partial charge in [-0.05, 0) is 38.2 Å². The number of rotatable bonds is 7. The molecule has 5 nitrogen and oxygen atoms in total. The van der Waals surface area contributed by atoms with E-state index in [1.54, 1.807) is 0 Å². The maximum atomic E-state index is 6.13. The first-order valence-corrected chi connectivity index (χ1v) is 8.16. The fourth-order valence-electron chi connectivity index (χ4n) is 2.76. The van der Waals surface area contributed by atoms with Crippen molar-refractivity contribution >= 4 is 6.01 Å². The molecular formula is C17H23N3O2. The van der Waals surface area contributed by atoms with Gasteiger partial charge < -0.3 is 14.5 Å². The molecule has 1 aromatic heterocycles. The minimum atomic E-state index is 0.362. The quantitative estimate of drug-likeness (QED) is 0.839. The molecule has 0 amide bonds. The van der Waals surface area contributed by atoms with Crippen LogP contribution >= 0.6 is 0 Å². The Balaban J connectivity index is 1.61. The molecule has 1 N–H and O–H groups in total. The maximum Gasteiger partial charge on any atom is 0.315 e. The first kappa shape index (κ1) is 14.9. The fourth-order valence-corrected chi connectivity index (χ4v) is 2.76. The van der Waals surface area contributed by atoms with Gasteiger partial charge in [0.1, 0.15) is 5.75 Å². The van der Waals surface area contributed by atoms with Crippen molar-refractivity contribution in [2.45, 2.75) is 58.1 Å². The van der Waals surface area contributed by atoms with Crippen molar-refractivity contribution in [3.63, 3.8) is 0 Å². The molecular weight excluding hydrogens is 278 g/mol. The molecule has 0 aliphatic heterocycles. The van der Waals surface area contributed by atoms with Crippen LogP contribution in [0.4, 0.5) is 6.01 Å². The van der Waals surface area contributed by atoms with Crippen LogP contribution in [0.25, 0.3) is 0 Å². The monoisotopic (exact) mass is 301 g/mol. The number of benzene rings is 1. The van der Waals surface area contributed by atoms with Crippen molar-refractivity contribution in [1.82, 2.24) is 10.2 Å². The molecule has 118 valence electrons. The van der Waals surface area contributed by atoms with Crippen LogP contribution in [0.2, 0.25) is 0 Å². The van der Waals surface area contributed by atoms with Crippen LogP contribution in [0, 0.1) is 0 Å². The number of aryl methyl sites for hydroxylation is 1. The second-order valence-corrected chi connectivity index (χ2v) is 5.74. The summed E-state index contributed by atoms with van der Waals surface area (Å²) < 4.78 is 11.7. The topological polar surface area (TPSA) is 60.2 Å². The standard InChI is InChI=1S/C17H23N3O2/c1-2-7-16-19-20-17(22-16)18-12-13-8-3-6-11-15(13)21-14-9-4-5-10-14/h3,6,8,11,14H,2,4-5,7,9-10,12H2,1H3,(H,18,20). The summed E-state index contributed by atoms with van der Waals surface area (Å²) in [6.45, 7) is 2.71. The number of anilines is 1. The Morgan fingerprint density at radius 2 is 2.05 bits per heavy atom. The van der Waals surface area contributed by atoms with Crippen LogP contribution in [0.5, 0.6) is 5.75 Å². The highest BCUT2D eigenvalue weighted by molar-refractivity contribution is 5.36. The summed E-state index contributed by atoms with van der Waals surface area (Å²) >= 11 is 0. The molecule has 1 heterocycles. The number of para-hydroxylation sites is 1. The van der Waals surface area contributed by atoms with Gasteiger partial charge in [0.05, 0.1) is 6.10 Å². The van der Waals surface area contributed by atoms with E-state index in [0.29, 0.717) is 24.6 Å². The second-order valence-electron chi connectivity index (χ2n) is 5.74. The van der Waals surface area contributed by atoms with E-state index in [2.05, 4.69) is 28.5 Å². The van der Waals surface area contributed by atoms with Crippen LogP contribution in [-0.4, -0.2) is 16.3 Å². The average Bonchev–Trinajstić information content (AvgIpc) is 3.19. The normalized spacial score (nSPS) is 15.1. The van der Waals surface area contributed by atoms with Gasteiger partial charge in [-0.2, -0.15) is 0 Å². The van der Waals surface area contributed by atoms with Gasteiger partial charge in [0.25, 0.3) is 0 Å². The summed E-state index contributed by atoms with van der Waals surface area (Å²) in [6.07, 6.45) is 7.04. The zero-order chi connectivity index (χ0) is 15.2. The number of ether oxygens (including phenoxy) is 1. The van der Waals surface area contributed by atoms with E-state index in [0.717, 1.165) is 37.0 Å². The van der Waals surface area contributed by atoms with Crippen molar-refractivity contribution in [3.05, 3.63) is 35.7 Å². The molecule has 1 aliphatic rings. The molecule has 2 aromatic rings. The third kappa shape index (κ3) is 3.78. The Morgan fingerprint density at radius 3 is 2.86 bits per heavy atom. The molecule has 1 aromatic carbocycles. The van der Waals surface area contributed by atoms with E-state index in [1.165, 1.54) is 12.8 Å². The number of aromatic nitrogens is 2. The Labute approximate surface area is 131 Å². The van der Waals surface area contributed by atoms with Gasteiger partial charge in [0, 0.05) is 18.5 Å². The zero-order valence-corrected chi connectivity index (χ0v) is 13.0. The van der Waals surface area contributed by atoms with E-state index >= 15 is 0 Å². The Morgan fingerprint density at radius 1 is 1.23 bits per heavy atom. The van der Waals surface area contributed by atoms with Crippen LogP contribution in [0.1, 0.15) is 50.5 Å². The van der Waals surface area contributed by atoms with Crippen LogP contribution in [0.15, 0.2) is 28.7 Å². The van der Waals surface area contributed by atoms with Crippen LogP contribution in [-0.2, 0) is 13.0 Å². The molecule has 0 radical (unpaired) electrons. The number of hydrogen-bond acceptors (Lipinski definition) is 5. The van der Waals surface area contributed by atoms with Crippen molar-refractivity contribution in [2.24, 2.45) is 0 Å². The Bertz CT molecular complexity index is 591. The van der Waals surface area contributed by atoms with E-state index in [-0.39, 0.29) is 0 Å². The van der Waals surface area contributed by atoms with Crippen molar-refractivity contribution in [1.29, 1.82) is 0 Å². The van der Waals surface area contributed by atoms with E-state index in [9.17, 15) is 0 Å². The molecule has 5 heteroatoms. The highest BCUT2D eigenvalue weighted by Crippen LogP contribution is 2.27. The largest absolute Gasteiger partial charge is 0.490 e. The molecule has 22 heavy (non-hydrogen) atoms. The predicted octanol–water partition coefficient (Wildman–Crippen LogP) is 3.96. The van der Waals surface area contributed by atoms with Gasteiger partial charge >= 0.3 is 6.01 Å². The minimum Gasteiger partial charge on any atom is -0.490 e. The van der Waals surface area contributed by atoms with Gasteiger partial charge in [-0.25, -0.2) is 0 Å². The molecule has 0 saturated heterocycles. The average molecular weight is 301 g/mol. The van der Waals surface area contributed by atoms with Gasteiger partial charge in [-0.1, -0.05) is 30.2 Å². The van der Waals surface area contributed by atoms with Gasteiger partial charge in [-0.15, -0.1) is 5.10 Å². The first-order valence-electron chi connectivity index (χ1n) is 8.16. The summed E-state index contributed by atoms with van der Waals surface area (Å²) in [5, 5.41) is 11.2. The highest BCUT2D eigenvalue weighted by atomic mass is 16.5. The molecule has 1 saturated carbocycles. The molecule has 3 rings (SSSR count). The molecule has 0 unspecified atom stereocenters. The number of hydrogen-bond donors (Lipinski definition) is 1. The lowest BCUT2D eigenvalue weighted by molar-refractivity contribution is 0.208. The van der Waals surface area contributed by atoms with Gasteiger partial charge in [0.15, 0.2) is 0 Å². The van der Waals surface area contributed by atoms with Gasteiger partial charge in [0.2, 0.25) is 5.89 Å². The van der Waals surface area contributed by atoms with Gasteiger partial charge in [-0.3, -0.25) is 0 Å². The smallest absolute Gasteiger partial charge is 0.315 e. The molecule has 0 atom stereocenters. The van der Waals surface area contributed by atoms with Crippen LogP contribution < -0.4 is 10.1 Å². The van der Waals surface area contributed by atoms with Crippen molar-refractivity contribution in [2.75, 3.05) is 5.32 Å². The Hall–Kier alpha value is -2.04. The molecule has 1 aliphatic carbocycles.